The van der Waals surface area contributed by atoms with Crippen molar-refractivity contribution in [2.75, 3.05) is 28.8 Å². The zero-order valence-electron chi connectivity index (χ0n) is 11.2. The van der Waals surface area contributed by atoms with E-state index in [-0.39, 0.29) is 5.69 Å². The van der Waals surface area contributed by atoms with E-state index in [1.165, 1.54) is 12.1 Å². The molecule has 3 rings (SSSR count). The molecule has 114 valence electrons. The van der Waals surface area contributed by atoms with Gasteiger partial charge in [-0.25, -0.2) is 0 Å². The number of anilines is 2. The molecule has 1 fully saturated rings. The second kappa shape index (κ2) is 5.68. The van der Waals surface area contributed by atoms with E-state index < -0.39 is 17.4 Å². The fourth-order valence-electron chi connectivity index (χ4n) is 2.48. The Labute approximate surface area is 125 Å². The van der Waals surface area contributed by atoms with Crippen molar-refractivity contribution in [2.24, 2.45) is 0 Å². The van der Waals surface area contributed by atoms with Crippen LogP contribution in [-0.4, -0.2) is 50.7 Å². The Hall–Kier alpha value is -1.55. The average molecular weight is 312 g/mol. The number of thioether (sulfide) groups is 1. The van der Waals surface area contributed by atoms with E-state index in [1.807, 2.05) is 11.8 Å². The first-order valence-corrected chi connectivity index (χ1v) is 7.70. The fourth-order valence-corrected chi connectivity index (χ4v) is 3.48. The summed E-state index contributed by atoms with van der Waals surface area (Å²) in [5.74, 6) is 1.93. The summed E-state index contributed by atoms with van der Waals surface area (Å²) in [5, 5.41) is 35.9. The molecular weight excluding hydrogens is 296 g/mol. The third kappa shape index (κ3) is 2.91. The highest BCUT2D eigenvalue weighted by molar-refractivity contribution is 7.99. The van der Waals surface area contributed by atoms with Gasteiger partial charge in [-0.1, -0.05) is 0 Å². The van der Waals surface area contributed by atoms with Crippen molar-refractivity contribution < 1.29 is 15.1 Å². The maximum Gasteiger partial charge on any atom is 0.271 e. The van der Waals surface area contributed by atoms with Crippen molar-refractivity contribution in [2.45, 2.75) is 19.0 Å². The van der Waals surface area contributed by atoms with Crippen molar-refractivity contribution in [1.82, 2.24) is 4.90 Å². The van der Waals surface area contributed by atoms with Crippen LogP contribution in [0.5, 0.6) is 0 Å². The van der Waals surface area contributed by atoms with Gasteiger partial charge in [-0.15, -0.1) is 11.8 Å². The molecule has 0 saturated carbocycles. The van der Waals surface area contributed by atoms with Gasteiger partial charge in [0.25, 0.3) is 5.69 Å². The number of non-ortho nitro benzene ring substituents is 1. The van der Waals surface area contributed by atoms with Crippen LogP contribution in [0.25, 0.3) is 0 Å². The number of rotatable bonds is 3. The highest BCUT2D eigenvalue weighted by Gasteiger charge is 2.28. The van der Waals surface area contributed by atoms with E-state index in [0.717, 1.165) is 23.7 Å². The van der Waals surface area contributed by atoms with Gasteiger partial charge in [-0.3, -0.25) is 15.0 Å². The van der Waals surface area contributed by atoms with Crippen LogP contribution in [0.15, 0.2) is 12.1 Å². The van der Waals surface area contributed by atoms with Crippen LogP contribution in [0.4, 0.5) is 17.1 Å². The van der Waals surface area contributed by atoms with Crippen molar-refractivity contribution in [3.63, 3.8) is 0 Å². The summed E-state index contributed by atoms with van der Waals surface area (Å²) in [6.45, 7) is 1.50. The van der Waals surface area contributed by atoms with Gasteiger partial charge in [-0.05, 0) is 5.56 Å². The van der Waals surface area contributed by atoms with Gasteiger partial charge < -0.3 is 20.8 Å². The number of nitrogens with zero attached hydrogens (tertiary/aromatic N) is 2. The standard InChI is InChI=1S/C12H16N4O4S/c17-11-12(18)14-10-7(5-15-1-2-21-6-15)3-8(16(19)20)4-9(10)13-11/h3-4,11-14,17-18H,1-2,5-6H2. The third-order valence-electron chi connectivity index (χ3n) is 3.53. The van der Waals surface area contributed by atoms with Gasteiger partial charge in [0.2, 0.25) is 0 Å². The second-order valence-electron chi connectivity index (χ2n) is 5.05. The van der Waals surface area contributed by atoms with E-state index >= 15 is 0 Å². The molecular formula is C12H16N4O4S. The Balaban J connectivity index is 1.97. The van der Waals surface area contributed by atoms with Crippen LogP contribution in [0.3, 0.4) is 0 Å². The molecule has 9 heteroatoms. The average Bonchev–Trinajstić information content (AvgIpc) is 2.93. The number of hydrogen-bond acceptors (Lipinski definition) is 8. The van der Waals surface area contributed by atoms with Crippen LogP contribution in [0.2, 0.25) is 0 Å². The topological polar surface area (TPSA) is 111 Å². The van der Waals surface area contributed by atoms with Gasteiger partial charge in [0.05, 0.1) is 16.3 Å². The van der Waals surface area contributed by atoms with Gasteiger partial charge in [0.15, 0.2) is 12.5 Å². The number of nitrogens with one attached hydrogen (secondary N) is 2. The molecule has 2 atom stereocenters. The van der Waals surface area contributed by atoms with E-state index in [0.29, 0.717) is 17.9 Å². The Bertz CT molecular complexity index is 564. The molecule has 0 spiro atoms. The van der Waals surface area contributed by atoms with Crippen LogP contribution in [0.1, 0.15) is 5.56 Å². The second-order valence-corrected chi connectivity index (χ2v) is 6.13. The molecule has 2 heterocycles. The summed E-state index contributed by atoms with van der Waals surface area (Å²) < 4.78 is 0. The number of benzene rings is 1. The van der Waals surface area contributed by atoms with E-state index in [9.17, 15) is 20.3 Å². The molecule has 1 aromatic rings. The Morgan fingerprint density at radius 3 is 2.81 bits per heavy atom. The molecule has 2 aliphatic heterocycles. The van der Waals surface area contributed by atoms with Crippen LogP contribution < -0.4 is 10.6 Å². The molecule has 2 unspecified atom stereocenters. The van der Waals surface area contributed by atoms with Crippen LogP contribution in [0, 0.1) is 10.1 Å². The summed E-state index contributed by atoms with van der Waals surface area (Å²) >= 11 is 1.82. The minimum atomic E-state index is -1.20. The molecule has 0 bridgehead atoms. The first-order valence-electron chi connectivity index (χ1n) is 6.55. The van der Waals surface area contributed by atoms with Crippen molar-refractivity contribution in [3.8, 4) is 0 Å². The summed E-state index contributed by atoms with van der Waals surface area (Å²) in [6.07, 6.45) is -2.35. The summed E-state index contributed by atoms with van der Waals surface area (Å²) in [5.41, 5.74) is 1.74. The fraction of sp³-hybridized carbons (Fsp3) is 0.500. The minimum absolute atomic E-state index is 0.0338. The lowest BCUT2D eigenvalue weighted by Gasteiger charge is -2.31. The highest BCUT2D eigenvalue weighted by atomic mass is 32.2. The summed E-state index contributed by atoms with van der Waals surface area (Å²) in [7, 11) is 0. The zero-order valence-corrected chi connectivity index (χ0v) is 12.0. The number of fused-ring (bicyclic) bond motifs is 1. The number of nitro benzene ring substituents is 1. The molecule has 0 aliphatic carbocycles. The van der Waals surface area contributed by atoms with Crippen molar-refractivity contribution >= 4 is 28.8 Å². The van der Waals surface area contributed by atoms with Crippen molar-refractivity contribution in [1.29, 1.82) is 0 Å². The molecule has 21 heavy (non-hydrogen) atoms. The van der Waals surface area contributed by atoms with E-state index in [4.69, 9.17) is 0 Å². The number of aliphatic hydroxyl groups is 2. The first kappa shape index (κ1) is 14.4. The molecule has 0 amide bonds. The predicted molar refractivity (Wildman–Crippen MR) is 80.1 cm³/mol. The minimum Gasteiger partial charge on any atom is -0.369 e. The molecule has 1 aromatic carbocycles. The molecule has 0 aromatic heterocycles. The van der Waals surface area contributed by atoms with Crippen LogP contribution >= 0.6 is 11.8 Å². The van der Waals surface area contributed by atoms with Gasteiger partial charge >= 0.3 is 0 Å². The smallest absolute Gasteiger partial charge is 0.271 e. The number of hydrogen-bond donors (Lipinski definition) is 4. The molecule has 2 aliphatic rings. The summed E-state index contributed by atoms with van der Waals surface area (Å²) in [4.78, 5) is 12.8. The third-order valence-corrected chi connectivity index (χ3v) is 4.55. The highest BCUT2D eigenvalue weighted by Crippen LogP contribution is 2.36. The zero-order chi connectivity index (χ0) is 15.0. The van der Waals surface area contributed by atoms with Crippen LogP contribution in [-0.2, 0) is 6.54 Å². The summed E-state index contributed by atoms with van der Waals surface area (Å²) in [6, 6.07) is 2.88. The largest absolute Gasteiger partial charge is 0.369 e. The predicted octanol–water partition coefficient (Wildman–Crippen LogP) is 0.575. The van der Waals surface area contributed by atoms with E-state index in [1.54, 1.807) is 0 Å². The lowest BCUT2D eigenvalue weighted by Crippen LogP contribution is -2.43. The lowest BCUT2D eigenvalue weighted by atomic mass is 10.1. The Morgan fingerprint density at radius 1 is 1.38 bits per heavy atom. The lowest BCUT2D eigenvalue weighted by molar-refractivity contribution is -0.384. The first-order chi connectivity index (χ1) is 10.0. The monoisotopic (exact) mass is 312 g/mol. The molecule has 1 saturated heterocycles. The van der Waals surface area contributed by atoms with E-state index in [2.05, 4.69) is 15.5 Å². The normalized spacial score (nSPS) is 25.0. The molecule has 0 radical (unpaired) electrons. The maximum atomic E-state index is 11.0. The molecule has 8 nitrogen and oxygen atoms in total. The SMILES string of the molecule is O=[N+]([O-])c1cc(CN2CCSC2)c2c(c1)NC(O)C(O)N2. The number of nitro groups is 1. The maximum absolute atomic E-state index is 11.0. The van der Waals surface area contributed by atoms with Gasteiger partial charge in [0.1, 0.15) is 0 Å². The Morgan fingerprint density at radius 2 is 2.14 bits per heavy atom. The quantitative estimate of drug-likeness (QED) is 0.474. The number of aliphatic hydroxyl groups excluding tert-OH is 2. The van der Waals surface area contributed by atoms with Gasteiger partial charge in [-0.2, -0.15) is 0 Å². The molecule has 4 N–H and O–H groups in total. The Kier molecular flexibility index (Phi) is 3.89. The van der Waals surface area contributed by atoms with Crippen molar-refractivity contribution in [3.05, 3.63) is 27.8 Å². The van der Waals surface area contributed by atoms with Gasteiger partial charge in [0, 0.05) is 36.9 Å².